The zero-order chi connectivity index (χ0) is 20.6. The minimum Gasteiger partial charge on any atom is -0.442 e. The number of nitrogens with one attached hydrogen (secondary N) is 2. The lowest BCUT2D eigenvalue weighted by atomic mass is 9.91. The van der Waals surface area contributed by atoms with Crippen molar-refractivity contribution in [3.8, 4) is 0 Å². The van der Waals surface area contributed by atoms with Gasteiger partial charge in [-0.3, -0.25) is 9.69 Å². The van der Waals surface area contributed by atoms with E-state index >= 15 is 0 Å². The smallest absolute Gasteiger partial charge is 0.414 e. The molecule has 2 N–H and O–H groups in total. The Hall–Kier alpha value is -3.04. The summed E-state index contributed by atoms with van der Waals surface area (Å²) in [6, 6.07) is 4.65. The second-order valence-corrected chi connectivity index (χ2v) is 7.60. The highest BCUT2D eigenvalue weighted by Crippen LogP contribution is 2.34. The van der Waals surface area contributed by atoms with Gasteiger partial charge in [-0.1, -0.05) is 0 Å². The Morgan fingerprint density at radius 3 is 2.72 bits per heavy atom. The number of hydrogen-bond acceptors (Lipinski definition) is 6. The van der Waals surface area contributed by atoms with Gasteiger partial charge >= 0.3 is 12.2 Å². The summed E-state index contributed by atoms with van der Waals surface area (Å²) >= 11 is 0. The predicted molar refractivity (Wildman–Crippen MR) is 101 cm³/mol. The zero-order valence-corrected chi connectivity index (χ0v) is 16.1. The molecule has 0 unspecified atom stereocenters. The molecule has 10 heteroatoms. The second kappa shape index (κ2) is 7.41. The highest BCUT2D eigenvalue weighted by Gasteiger charge is 2.43. The van der Waals surface area contributed by atoms with Crippen molar-refractivity contribution >= 4 is 29.5 Å². The van der Waals surface area contributed by atoms with Gasteiger partial charge in [-0.05, 0) is 18.2 Å². The minimum absolute atomic E-state index is 0.207. The SMILES string of the molecule is CC(=O)NC[C@H]1CN(c2ccc(N3CCC4(CC3)CNC(=O)O4)c(F)c2)C(=O)O1. The number of nitrogens with zero attached hydrogens (tertiary/aromatic N) is 2. The molecule has 0 aromatic heterocycles. The molecule has 0 saturated carbocycles. The average Bonchev–Trinajstić information content (AvgIpc) is 3.23. The Kier molecular flexibility index (Phi) is 4.93. The van der Waals surface area contributed by atoms with Crippen LogP contribution in [0, 0.1) is 5.82 Å². The summed E-state index contributed by atoms with van der Waals surface area (Å²) in [4.78, 5) is 37.7. The summed E-state index contributed by atoms with van der Waals surface area (Å²) < 4.78 is 25.4. The van der Waals surface area contributed by atoms with Crippen LogP contribution >= 0.6 is 0 Å². The molecule has 3 heterocycles. The Morgan fingerprint density at radius 2 is 2.10 bits per heavy atom. The molecular weight excluding hydrogens is 383 g/mol. The molecule has 156 valence electrons. The first kappa shape index (κ1) is 19.3. The number of rotatable bonds is 4. The topological polar surface area (TPSA) is 100 Å². The van der Waals surface area contributed by atoms with Crippen LogP contribution in [0.4, 0.5) is 25.4 Å². The van der Waals surface area contributed by atoms with Crippen molar-refractivity contribution < 1.29 is 28.2 Å². The largest absolute Gasteiger partial charge is 0.442 e. The number of anilines is 2. The Balaban J connectivity index is 1.40. The van der Waals surface area contributed by atoms with Crippen molar-refractivity contribution in [2.75, 3.05) is 42.5 Å². The lowest BCUT2D eigenvalue weighted by Gasteiger charge is -2.38. The first-order valence-corrected chi connectivity index (χ1v) is 9.59. The van der Waals surface area contributed by atoms with E-state index in [0.29, 0.717) is 43.9 Å². The van der Waals surface area contributed by atoms with Crippen LogP contribution in [0.5, 0.6) is 0 Å². The fourth-order valence-electron chi connectivity index (χ4n) is 3.95. The van der Waals surface area contributed by atoms with E-state index in [1.807, 2.05) is 4.90 Å². The molecule has 1 aromatic carbocycles. The van der Waals surface area contributed by atoms with E-state index < -0.39 is 29.7 Å². The molecule has 3 aliphatic heterocycles. The predicted octanol–water partition coefficient (Wildman–Crippen LogP) is 1.37. The van der Waals surface area contributed by atoms with Crippen LogP contribution in [0.1, 0.15) is 19.8 Å². The molecule has 3 fully saturated rings. The zero-order valence-electron chi connectivity index (χ0n) is 16.1. The van der Waals surface area contributed by atoms with Gasteiger partial charge in [-0.25, -0.2) is 14.0 Å². The summed E-state index contributed by atoms with van der Waals surface area (Å²) in [5.74, 6) is -0.639. The molecule has 0 aliphatic carbocycles. The van der Waals surface area contributed by atoms with Crippen LogP contribution in [-0.2, 0) is 14.3 Å². The maximum Gasteiger partial charge on any atom is 0.414 e. The second-order valence-electron chi connectivity index (χ2n) is 7.60. The van der Waals surface area contributed by atoms with Gasteiger partial charge in [0.1, 0.15) is 17.5 Å². The van der Waals surface area contributed by atoms with Gasteiger partial charge < -0.3 is 25.0 Å². The maximum absolute atomic E-state index is 14.8. The van der Waals surface area contributed by atoms with Crippen LogP contribution in [-0.4, -0.2) is 62.5 Å². The fourth-order valence-corrected chi connectivity index (χ4v) is 3.95. The quantitative estimate of drug-likeness (QED) is 0.783. The van der Waals surface area contributed by atoms with Crippen molar-refractivity contribution in [2.24, 2.45) is 0 Å². The third-order valence-corrected chi connectivity index (χ3v) is 5.58. The molecule has 3 aliphatic rings. The molecule has 4 rings (SSSR count). The first-order valence-electron chi connectivity index (χ1n) is 9.59. The minimum atomic E-state index is -0.567. The Bertz CT molecular complexity index is 840. The molecular formula is C19H23FN4O5. The van der Waals surface area contributed by atoms with Crippen LogP contribution < -0.4 is 20.4 Å². The first-order chi connectivity index (χ1) is 13.8. The number of alkyl carbamates (subject to hydrolysis) is 1. The number of benzene rings is 1. The summed E-state index contributed by atoms with van der Waals surface area (Å²) in [7, 11) is 0. The van der Waals surface area contributed by atoms with Crippen LogP contribution in [0.25, 0.3) is 0 Å². The van der Waals surface area contributed by atoms with Crippen LogP contribution in [0.2, 0.25) is 0 Å². The van der Waals surface area contributed by atoms with Crippen LogP contribution in [0.3, 0.4) is 0 Å². The van der Waals surface area contributed by atoms with Crippen molar-refractivity contribution in [3.63, 3.8) is 0 Å². The number of ether oxygens (including phenoxy) is 2. The van der Waals surface area contributed by atoms with Gasteiger partial charge in [0, 0.05) is 32.9 Å². The van der Waals surface area contributed by atoms with E-state index in [-0.39, 0.29) is 19.0 Å². The van der Waals surface area contributed by atoms with E-state index in [1.54, 1.807) is 12.1 Å². The van der Waals surface area contributed by atoms with Crippen LogP contribution in [0.15, 0.2) is 18.2 Å². The van der Waals surface area contributed by atoms with Gasteiger partial charge in [0.15, 0.2) is 0 Å². The molecule has 1 atom stereocenters. The number of hydrogen-bond donors (Lipinski definition) is 2. The number of halogens is 1. The number of amides is 3. The molecule has 0 radical (unpaired) electrons. The fraction of sp³-hybridized carbons (Fsp3) is 0.526. The number of piperidine rings is 1. The van der Waals surface area contributed by atoms with Gasteiger partial charge in [-0.15, -0.1) is 0 Å². The molecule has 9 nitrogen and oxygen atoms in total. The lowest BCUT2D eigenvalue weighted by Crippen LogP contribution is -2.46. The third kappa shape index (κ3) is 3.92. The van der Waals surface area contributed by atoms with Gasteiger partial charge in [-0.2, -0.15) is 0 Å². The number of carbonyl (C=O) groups excluding carboxylic acids is 3. The molecule has 1 spiro atoms. The highest BCUT2D eigenvalue weighted by atomic mass is 19.1. The third-order valence-electron chi connectivity index (χ3n) is 5.58. The normalized spacial score (nSPS) is 23.0. The van der Waals surface area contributed by atoms with Crippen molar-refractivity contribution in [2.45, 2.75) is 31.5 Å². The van der Waals surface area contributed by atoms with E-state index in [4.69, 9.17) is 9.47 Å². The summed E-state index contributed by atoms with van der Waals surface area (Å²) in [6.07, 6.45) is -0.201. The maximum atomic E-state index is 14.8. The van der Waals surface area contributed by atoms with E-state index in [0.717, 1.165) is 0 Å². The molecule has 3 amide bonds. The molecule has 3 saturated heterocycles. The van der Waals surface area contributed by atoms with Gasteiger partial charge in [0.2, 0.25) is 5.91 Å². The summed E-state index contributed by atoms with van der Waals surface area (Å²) in [5, 5.41) is 5.29. The Labute approximate surface area is 167 Å². The van der Waals surface area contributed by atoms with E-state index in [9.17, 15) is 18.8 Å². The Morgan fingerprint density at radius 1 is 1.34 bits per heavy atom. The monoisotopic (exact) mass is 406 g/mol. The van der Waals surface area contributed by atoms with Crippen molar-refractivity contribution in [1.82, 2.24) is 10.6 Å². The standard InChI is InChI=1S/C19H23FN4O5/c1-12(25)21-9-14-10-24(18(27)28-14)13-2-3-16(15(20)8-13)23-6-4-19(5-7-23)11-22-17(26)29-19/h2-3,8,14H,4-7,9-11H2,1H3,(H,21,25)(H,22,26)/t14-/m0/s1. The summed E-state index contributed by atoms with van der Waals surface area (Å²) in [6.45, 7) is 3.46. The van der Waals surface area contributed by atoms with Crippen molar-refractivity contribution in [1.29, 1.82) is 0 Å². The van der Waals surface area contributed by atoms with Gasteiger partial charge in [0.05, 0.1) is 31.0 Å². The number of carbonyl (C=O) groups is 3. The highest BCUT2D eigenvalue weighted by molar-refractivity contribution is 5.90. The van der Waals surface area contributed by atoms with Gasteiger partial charge in [0.25, 0.3) is 0 Å². The lowest BCUT2D eigenvalue weighted by molar-refractivity contribution is -0.119. The van der Waals surface area contributed by atoms with E-state index in [1.165, 1.54) is 17.9 Å². The summed E-state index contributed by atoms with van der Waals surface area (Å²) in [5.41, 5.74) is 0.360. The van der Waals surface area contributed by atoms with Crippen molar-refractivity contribution in [3.05, 3.63) is 24.0 Å². The average molecular weight is 406 g/mol. The molecule has 29 heavy (non-hydrogen) atoms. The molecule has 0 bridgehead atoms. The molecule has 1 aromatic rings. The number of cyclic esters (lactones) is 1. The van der Waals surface area contributed by atoms with E-state index in [2.05, 4.69) is 10.6 Å².